The number of hydrogen-bond donors (Lipinski definition) is 1. The minimum absolute atomic E-state index is 0.0654. The van der Waals surface area contributed by atoms with Crippen molar-refractivity contribution in [2.24, 2.45) is 0 Å². The summed E-state index contributed by atoms with van der Waals surface area (Å²) >= 11 is 5.73. The number of alkyl halides is 1. The minimum atomic E-state index is -0.0654. The topological polar surface area (TPSA) is 29.1 Å². The number of hydrogen-bond acceptors (Lipinski definition) is 1. The van der Waals surface area contributed by atoms with E-state index < -0.39 is 0 Å². The van der Waals surface area contributed by atoms with Crippen molar-refractivity contribution in [1.29, 1.82) is 0 Å². The molecule has 1 amide bonds. The van der Waals surface area contributed by atoms with E-state index in [9.17, 15) is 4.79 Å². The van der Waals surface area contributed by atoms with Crippen LogP contribution in [0, 0.1) is 6.92 Å². The van der Waals surface area contributed by atoms with Crippen LogP contribution in [0.2, 0.25) is 0 Å². The van der Waals surface area contributed by atoms with Crippen LogP contribution in [0.3, 0.4) is 0 Å². The predicted octanol–water partition coefficient (Wildman–Crippen LogP) is 2.69. The van der Waals surface area contributed by atoms with E-state index in [1.165, 1.54) is 6.92 Å². The second kappa shape index (κ2) is 4.28. The van der Waals surface area contributed by atoms with E-state index >= 15 is 0 Å². The molecule has 1 rings (SSSR count). The fraction of sp³-hybridized carbons (Fsp3) is 0.300. The largest absolute Gasteiger partial charge is 0.326 e. The summed E-state index contributed by atoms with van der Waals surface area (Å²) in [6.45, 7) is 3.48. The van der Waals surface area contributed by atoms with Gasteiger partial charge in [-0.25, -0.2) is 0 Å². The highest BCUT2D eigenvalue weighted by atomic mass is 35.5. The van der Waals surface area contributed by atoms with E-state index in [4.69, 9.17) is 11.6 Å². The van der Waals surface area contributed by atoms with Crippen molar-refractivity contribution in [2.75, 3.05) is 5.32 Å². The molecule has 0 fully saturated rings. The Bertz CT molecular complexity index is 323. The molecule has 0 bridgehead atoms. The van der Waals surface area contributed by atoms with Gasteiger partial charge in [0.2, 0.25) is 5.91 Å². The van der Waals surface area contributed by atoms with Crippen LogP contribution in [-0.4, -0.2) is 5.91 Å². The summed E-state index contributed by atoms with van der Waals surface area (Å²) in [6, 6.07) is 5.71. The molecule has 0 aliphatic rings. The zero-order valence-electron chi connectivity index (χ0n) is 7.73. The highest BCUT2D eigenvalue weighted by Gasteiger charge is 1.99. The summed E-state index contributed by atoms with van der Waals surface area (Å²) in [5.41, 5.74) is 2.99. The smallest absolute Gasteiger partial charge is 0.221 e. The van der Waals surface area contributed by atoms with E-state index in [0.717, 1.165) is 16.8 Å². The van der Waals surface area contributed by atoms with Crippen LogP contribution in [0.25, 0.3) is 0 Å². The number of nitrogens with one attached hydrogen (secondary N) is 1. The molecule has 1 N–H and O–H groups in total. The number of aryl methyl sites for hydroxylation is 1. The highest BCUT2D eigenvalue weighted by Crippen LogP contribution is 2.16. The number of anilines is 1. The quantitative estimate of drug-likeness (QED) is 0.726. The van der Waals surface area contributed by atoms with Gasteiger partial charge >= 0.3 is 0 Å². The molecular formula is C10H12ClNO. The summed E-state index contributed by atoms with van der Waals surface area (Å²) in [5, 5.41) is 2.71. The van der Waals surface area contributed by atoms with E-state index in [1.807, 2.05) is 25.1 Å². The molecule has 0 unspecified atom stereocenters. The SMILES string of the molecule is CC(=O)Nc1ccc(C)c(CCl)c1. The second-order valence-electron chi connectivity index (χ2n) is 2.96. The van der Waals surface area contributed by atoms with E-state index in [0.29, 0.717) is 5.88 Å². The third-order valence-corrected chi connectivity index (χ3v) is 2.10. The average Bonchev–Trinajstić information content (AvgIpc) is 2.07. The van der Waals surface area contributed by atoms with Gasteiger partial charge in [0, 0.05) is 18.5 Å². The Morgan fingerprint density at radius 1 is 1.54 bits per heavy atom. The first kappa shape index (κ1) is 10.1. The molecule has 0 atom stereocenters. The van der Waals surface area contributed by atoms with Crippen molar-refractivity contribution in [2.45, 2.75) is 19.7 Å². The summed E-state index contributed by atoms with van der Waals surface area (Å²) in [4.78, 5) is 10.8. The van der Waals surface area contributed by atoms with E-state index in [1.54, 1.807) is 0 Å². The Kier molecular flexibility index (Phi) is 3.32. The van der Waals surface area contributed by atoms with Crippen molar-refractivity contribution in [1.82, 2.24) is 0 Å². The van der Waals surface area contributed by atoms with Gasteiger partial charge in [0.05, 0.1) is 0 Å². The molecule has 0 saturated heterocycles. The number of carbonyl (C=O) groups excluding carboxylic acids is 1. The fourth-order valence-electron chi connectivity index (χ4n) is 1.10. The number of amides is 1. The average molecular weight is 198 g/mol. The Balaban J connectivity index is 2.92. The molecule has 0 aliphatic carbocycles. The summed E-state index contributed by atoms with van der Waals surface area (Å²) < 4.78 is 0. The van der Waals surface area contributed by atoms with Gasteiger partial charge in [0.15, 0.2) is 0 Å². The maximum Gasteiger partial charge on any atom is 0.221 e. The third-order valence-electron chi connectivity index (χ3n) is 1.81. The first-order valence-electron chi connectivity index (χ1n) is 4.06. The van der Waals surface area contributed by atoms with Crippen LogP contribution in [-0.2, 0) is 10.7 Å². The number of benzene rings is 1. The number of rotatable bonds is 2. The van der Waals surface area contributed by atoms with Gasteiger partial charge in [0.25, 0.3) is 0 Å². The standard InChI is InChI=1S/C10H12ClNO/c1-7-3-4-10(12-8(2)13)5-9(7)6-11/h3-5H,6H2,1-2H3,(H,12,13). The Labute approximate surface area is 82.9 Å². The Morgan fingerprint density at radius 2 is 2.23 bits per heavy atom. The molecule has 0 saturated carbocycles. The molecule has 70 valence electrons. The van der Waals surface area contributed by atoms with Gasteiger partial charge in [-0.2, -0.15) is 0 Å². The normalized spacial score (nSPS) is 9.77. The molecule has 0 spiro atoms. The molecule has 0 aliphatic heterocycles. The van der Waals surface area contributed by atoms with Crippen molar-refractivity contribution < 1.29 is 4.79 Å². The molecule has 3 heteroatoms. The van der Waals surface area contributed by atoms with Gasteiger partial charge in [-0.05, 0) is 30.2 Å². The van der Waals surface area contributed by atoms with Crippen LogP contribution in [0.15, 0.2) is 18.2 Å². The lowest BCUT2D eigenvalue weighted by molar-refractivity contribution is -0.114. The minimum Gasteiger partial charge on any atom is -0.326 e. The van der Waals surface area contributed by atoms with Crippen LogP contribution in [0.5, 0.6) is 0 Å². The molecule has 0 radical (unpaired) electrons. The molecule has 0 aromatic heterocycles. The first-order chi connectivity index (χ1) is 6.13. The third kappa shape index (κ3) is 2.74. The lowest BCUT2D eigenvalue weighted by atomic mass is 10.1. The van der Waals surface area contributed by atoms with Crippen LogP contribution >= 0.6 is 11.6 Å². The molecule has 0 heterocycles. The zero-order chi connectivity index (χ0) is 9.84. The number of halogens is 1. The van der Waals surface area contributed by atoms with E-state index in [-0.39, 0.29) is 5.91 Å². The maximum absolute atomic E-state index is 10.8. The van der Waals surface area contributed by atoms with Crippen molar-refractivity contribution >= 4 is 23.2 Å². The lowest BCUT2D eigenvalue weighted by Gasteiger charge is -2.06. The second-order valence-corrected chi connectivity index (χ2v) is 3.22. The Morgan fingerprint density at radius 3 is 2.77 bits per heavy atom. The van der Waals surface area contributed by atoms with Gasteiger partial charge in [-0.15, -0.1) is 11.6 Å². The van der Waals surface area contributed by atoms with Gasteiger partial charge in [-0.1, -0.05) is 6.07 Å². The monoisotopic (exact) mass is 197 g/mol. The lowest BCUT2D eigenvalue weighted by Crippen LogP contribution is -2.06. The Hall–Kier alpha value is -1.02. The van der Waals surface area contributed by atoms with Crippen molar-refractivity contribution in [3.8, 4) is 0 Å². The predicted molar refractivity (Wildman–Crippen MR) is 55.0 cm³/mol. The summed E-state index contributed by atoms with van der Waals surface area (Å²) in [5.74, 6) is 0.406. The molecule has 2 nitrogen and oxygen atoms in total. The molecule has 1 aromatic rings. The van der Waals surface area contributed by atoms with Crippen LogP contribution in [0.4, 0.5) is 5.69 Å². The zero-order valence-corrected chi connectivity index (χ0v) is 8.48. The first-order valence-corrected chi connectivity index (χ1v) is 4.60. The van der Waals surface area contributed by atoms with Gasteiger partial charge in [-0.3, -0.25) is 4.79 Å². The number of carbonyl (C=O) groups is 1. The molecule has 1 aromatic carbocycles. The van der Waals surface area contributed by atoms with Crippen LogP contribution in [0.1, 0.15) is 18.1 Å². The van der Waals surface area contributed by atoms with Crippen LogP contribution < -0.4 is 5.32 Å². The summed E-state index contributed by atoms with van der Waals surface area (Å²) in [7, 11) is 0. The van der Waals surface area contributed by atoms with Gasteiger partial charge < -0.3 is 5.32 Å². The van der Waals surface area contributed by atoms with Crippen molar-refractivity contribution in [3.05, 3.63) is 29.3 Å². The van der Waals surface area contributed by atoms with Crippen molar-refractivity contribution in [3.63, 3.8) is 0 Å². The molecule has 13 heavy (non-hydrogen) atoms. The van der Waals surface area contributed by atoms with E-state index in [2.05, 4.69) is 5.32 Å². The van der Waals surface area contributed by atoms with Gasteiger partial charge in [0.1, 0.15) is 0 Å². The fourth-order valence-corrected chi connectivity index (χ4v) is 1.38. The highest BCUT2D eigenvalue weighted by molar-refractivity contribution is 6.17. The maximum atomic E-state index is 10.8. The molecular weight excluding hydrogens is 186 g/mol. The summed E-state index contributed by atoms with van der Waals surface area (Å²) in [6.07, 6.45) is 0.